The summed E-state index contributed by atoms with van der Waals surface area (Å²) in [5.74, 6) is 0.411. The number of nitrogens with zero attached hydrogens (tertiary/aromatic N) is 1. The quantitative estimate of drug-likeness (QED) is 0.331. The number of nitrogens with one attached hydrogen (secondary N) is 2. The van der Waals surface area contributed by atoms with Crippen molar-refractivity contribution in [3.63, 3.8) is 0 Å². The minimum absolute atomic E-state index is 0.166. The third-order valence-electron chi connectivity index (χ3n) is 5.33. The molecule has 3 N–H and O–H groups in total. The Bertz CT molecular complexity index is 1330. The molecule has 2 heterocycles. The average molecular weight is 429 g/mol. The van der Waals surface area contributed by atoms with E-state index in [1.807, 2.05) is 34.9 Å². The first-order chi connectivity index (χ1) is 15.6. The average Bonchev–Trinajstić information content (AvgIpc) is 3.43. The lowest BCUT2D eigenvalue weighted by Crippen LogP contribution is -2.19. The van der Waals surface area contributed by atoms with Gasteiger partial charge in [0.15, 0.2) is 11.5 Å². The third kappa shape index (κ3) is 3.63. The van der Waals surface area contributed by atoms with E-state index in [0.717, 1.165) is 16.5 Å². The molecule has 160 valence electrons. The SMILES string of the molecule is O=C(NO)c1ccc(Cn2c(C(=O)Nc3ccc4c(c3)OCO4)cc3ccccc32)cc1. The summed E-state index contributed by atoms with van der Waals surface area (Å²) in [6.45, 7) is 0.595. The highest BCUT2D eigenvalue weighted by atomic mass is 16.7. The monoisotopic (exact) mass is 429 g/mol. The Hall–Kier alpha value is -4.30. The molecule has 1 aliphatic heterocycles. The summed E-state index contributed by atoms with van der Waals surface area (Å²) >= 11 is 0. The van der Waals surface area contributed by atoms with Crippen LogP contribution < -0.4 is 20.3 Å². The largest absolute Gasteiger partial charge is 0.454 e. The summed E-state index contributed by atoms with van der Waals surface area (Å²) in [4.78, 5) is 24.8. The molecule has 32 heavy (non-hydrogen) atoms. The van der Waals surface area contributed by atoms with Gasteiger partial charge in [0, 0.05) is 34.8 Å². The van der Waals surface area contributed by atoms with Crippen molar-refractivity contribution in [2.75, 3.05) is 12.1 Å². The maximum absolute atomic E-state index is 13.2. The normalized spacial score (nSPS) is 12.0. The van der Waals surface area contributed by atoms with Crippen LogP contribution in [0, 0.1) is 0 Å². The number of aromatic nitrogens is 1. The molecule has 0 bridgehead atoms. The Morgan fingerprint density at radius 3 is 2.50 bits per heavy atom. The first-order valence-electron chi connectivity index (χ1n) is 9.95. The van der Waals surface area contributed by atoms with E-state index in [4.69, 9.17) is 14.7 Å². The lowest BCUT2D eigenvalue weighted by molar-refractivity contribution is 0.0706. The van der Waals surface area contributed by atoms with Gasteiger partial charge in [-0.05, 0) is 42.0 Å². The number of ether oxygens (including phenoxy) is 2. The van der Waals surface area contributed by atoms with Gasteiger partial charge < -0.3 is 19.4 Å². The molecular formula is C24H19N3O5. The van der Waals surface area contributed by atoms with Crippen LogP contribution in [0.15, 0.2) is 72.8 Å². The Morgan fingerprint density at radius 2 is 1.69 bits per heavy atom. The number of carbonyl (C=O) groups excluding carboxylic acids is 2. The van der Waals surface area contributed by atoms with E-state index in [9.17, 15) is 9.59 Å². The number of fused-ring (bicyclic) bond motifs is 2. The van der Waals surface area contributed by atoms with Gasteiger partial charge in [-0.25, -0.2) is 5.48 Å². The standard InChI is InChI=1S/C24H19N3O5/c28-23(26-30)16-7-5-15(6-8-16)13-27-19-4-2-1-3-17(19)11-20(27)24(29)25-18-9-10-21-22(12-18)32-14-31-21/h1-12,30H,13-14H2,(H,25,29)(H,26,28). The molecule has 0 radical (unpaired) electrons. The number of amides is 2. The lowest BCUT2D eigenvalue weighted by Gasteiger charge is -2.12. The van der Waals surface area contributed by atoms with Gasteiger partial charge in [-0.3, -0.25) is 14.8 Å². The fourth-order valence-electron chi connectivity index (χ4n) is 3.75. The summed E-state index contributed by atoms with van der Waals surface area (Å²) in [6, 6.07) is 21.7. The van der Waals surface area contributed by atoms with Crippen LogP contribution in [-0.2, 0) is 6.54 Å². The first-order valence-corrected chi connectivity index (χ1v) is 9.95. The number of carbonyl (C=O) groups is 2. The highest BCUT2D eigenvalue weighted by Crippen LogP contribution is 2.34. The summed E-state index contributed by atoms with van der Waals surface area (Å²) in [7, 11) is 0. The van der Waals surface area contributed by atoms with E-state index in [1.165, 1.54) is 0 Å². The van der Waals surface area contributed by atoms with Crippen LogP contribution in [0.4, 0.5) is 5.69 Å². The van der Waals surface area contributed by atoms with Gasteiger partial charge >= 0.3 is 0 Å². The summed E-state index contributed by atoms with van der Waals surface area (Å²) in [5, 5.41) is 12.7. The van der Waals surface area contributed by atoms with Gasteiger partial charge in [-0.15, -0.1) is 0 Å². The van der Waals surface area contributed by atoms with Crippen LogP contribution in [0.3, 0.4) is 0 Å². The van der Waals surface area contributed by atoms with Gasteiger partial charge in [-0.1, -0.05) is 30.3 Å². The minimum Gasteiger partial charge on any atom is -0.454 e. The molecule has 3 aromatic carbocycles. The van der Waals surface area contributed by atoms with E-state index in [1.54, 1.807) is 47.9 Å². The number of para-hydroxylation sites is 1. The molecule has 0 saturated heterocycles. The van der Waals surface area contributed by atoms with Gasteiger partial charge in [0.1, 0.15) is 5.69 Å². The highest BCUT2D eigenvalue weighted by Gasteiger charge is 2.18. The summed E-state index contributed by atoms with van der Waals surface area (Å²) in [6.07, 6.45) is 0. The van der Waals surface area contributed by atoms with E-state index >= 15 is 0 Å². The Morgan fingerprint density at radius 1 is 0.906 bits per heavy atom. The molecule has 0 saturated carbocycles. The van der Waals surface area contributed by atoms with E-state index in [-0.39, 0.29) is 12.7 Å². The van der Waals surface area contributed by atoms with Crippen molar-refractivity contribution in [1.29, 1.82) is 0 Å². The van der Waals surface area contributed by atoms with Crippen molar-refractivity contribution in [2.45, 2.75) is 6.54 Å². The van der Waals surface area contributed by atoms with Crippen LogP contribution in [0.1, 0.15) is 26.4 Å². The topological polar surface area (TPSA) is 102 Å². The predicted octanol–water partition coefficient (Wildman–Crippen LogP) is 3.79. The second kappa shape index (κ2) is 8.09. The zero-order valence-corrected chi connectivity index (χ0v) is 16.9. The molecule has 0 unspecified atom stereocenters. The van der Waals surface area contributed by atoms with Crippen LogP contribution in [0.2, 0.25) is 0 Å². The van der Waals surface area contributed by atoms with Gasteiger partial charge in [0.05, 0.1) is 0 Å². The summed E-state index contributed by atoms with van der Waals surface area (Å²) < 4.78 is 12.6. The zero-order valence-electron chi connectivity index (χ0n) is 16.9. The fourth-order valence-corrected chi connectivity index (χ4v) is 3.75. The highest BCUT2D eigenvalue weighted by molar-refractivity contribution is 6.06. The Balaban J connectivity index is 1.46. The minimum atomic E-state index is -0.577. The number of hydroxylamine groups is 1. The zero-order chi connectivity index (χ0) is 22.1. The molecule has 1 aliphatic rings. The van der Waals surface area contributed by atoms with E-state index < -0.39 is 5.91 Å². The molecule has 8 heteroatoms. The molecule has 8 nitrogen and oxygen atoms in total. The molecule has 0 atom stereocenters. The molecular weight excluding hydrogens is 410 g/mol. The van der Waals surface area contributed by atoms with Crippen molar-refractivity contribution in [1.82, 2.24) is 10.0 Å². The molecule has 0 spiro atoms. The number of anilines is 1. The van der Waals surface area contributed by atoms with Crippen molar-refractivity contribution in [2.24, 2.45) is 0 Å². The van der Waals surface area contributed by atoms with Crippen LogP contribution in [0.5, 0.6) is 11.5 Å². The molecule has 4 aromatic rings. The number of hydrogen-bond acceptors (Lipinski definition) is 5. The van der Waals surface area contributed by atoms with Gasteiger partial charge in [0.2, 0.25) is 6.79 Å². The molecule has 1 aromatic heterocycles. The van der Waals surface area contributed by atoms with Gasteiger partial charge in [0.25, 0.3) is 11.8 Å². The maximum Gasteiger partial charge on any atom is 0.274 e. The molecule has 0 fully saturated rings. The van der Waals surface area contributed by atoms with Crippen LogP contribution >= 0.6 is 0 Å². The van der Waals surface area contributed by atoms with Gasteiger partial charge in [-0.2, -0.15) is 0 Å². The van der Waals surface area contributed by atoms with E-state index in [0.29, 0.717) is 35.0 Å². The predicted molar refractivity (Wildman–Crippen MR) is 117 cm³/mol. The van der Waals surface area contributed by atoms with Crippen molar-refractivity contribution in [3.05, 3.63) is 89.6 Å². The molecule has 0 aliphatic carbocycles. The maximum atomic E-state index is 13.2. The first kappa shape index (κ1) is 19.7. The van der Waals surface area contributed by atoms with E-state index in [2.05, 4.69) is 5.32 Å². The lowest BCUT2D eigenvalue weighted by atomic mass is 10.1. The number of benzene rings is 3. The Labute approximate surface area is 182 Å². The number of hydrogen-bond donors (Lipinski definition) is 3. The second-order valence-electron chi connectivity index (χ2n) is 7.33. The van der Waals surface area contributed by atoms with Crippen LogP contribution in [-0.4, -0.2) is 28.4 Å². The Kier molecular flexibility index (Phi) is 4.97. The smallest absolute Gasteiger partial charge is 0.274 e. The molecule has 2 amide bonds. The van der Waals surface area contributed by atoms with Crippen molar-refractivity contribution >= 4 is 28.4 Å². The summed E-state index contributed by atoms with van der Waals surface area (Å²) in [5.41, 5.74) is 4.89. The fraction of sp³-hybridized carbons (Fsp3) is 0.0833. The third-order valence-corrected chi connectivity index (χ3v) is 5.33. The molecule has 5 rings (SSSR count). The second-order valence-corrected chi connectivity index (χ2v) is 7.33. The van der Waals surface area contributed by atoms with Crippen molar-refractivity contribution < 1.29 is 24.3 Å². The van der Waals surface area contributed by atoms with Crippen molar-refractivity contribution in [3.8, 4) is 11.5 Å². The number of rotatable bonds is 5. The van der Waals surface area contributed by atoms with Crippen LogP contribution in [0.25, 0.3) is 10.9 Å².